The Morgan fingerprint density at radius 2 is 1.45 bits per heavy atom. The van der Waals surface area contributed by atoms with Crippen LogP contribution in [0.15, 0.2) is 89.8 Å². The molecule has 29 heavy (non-hydrogen) atoms. The Morgan fingerprint density at radius 1 is 0.759 bits per heavy atom. The van der Waals surface area contributed by atoms with Crippen LogP contribution in [0.2, 0.25) is 0 Å². The standard InChI is InChI=1S/C23H20N2O3S/c26-29(27,22-12-10-21(11-13-22)28-20-7-2-1-3-8-20)24-14-15-25-19(17-24)16-18-6-4-5-9-23(18)25/h1-13,16H,14-15,17H2. The van der Waals surface area contributed by atoms with Crippen molar-refractivity contribution in [3.63, 3.8) is 0 Å². The van der Waals surface area contributed by atoms with Crippen molar-refractivity contribution in [2.45, 2.75) is 18.0 Å². The summed E-state index contributed by atoms with van der Waals surface area (Å²) in [5.74, 6) is 1.32. The summed E-state index contributed by atoms with van der Waals surface area (Å²) in [6.07, 6.45) is 0. The highest BCUT2D eigenvalue weighted by Gasteiger charge is 2.29. The molecule has 0 fully saturated rings. The third-order valence-electron chi connectivity index (χ3n) is 5.25. The molecule has 2 heterocycles. The van der Waals surface area contributed by atoms with Crippen LogP contribution in [0.1, 0.15) is 5.69 Å². The van der Waals surface area contributed by atoms with E-state index in [0.29, 0.717) is 31.1 Å². The van der Waals surface area contributed by atoms with Crippen LogP contribution in [0.4, 0.5) is 0 Å². The molecule has 1 aliphatic heterocycles. The Bertz CT molecular complexity index is 1260. The molecule has 0 N–H and O–H groups in total. The minimum atomic E-state index is -3.57. The molecule has 0 atom stereocenters. The molecular weight excluding hydrogens is 384 g/mol. The van der Waals surface area contributed by atoms with Crippen molar-refractivity contribution in [2.75, 3.05) is 6.54 Å². The third-order valence-corrected chi connectivity index (χ3v) is 7.11. The Morgan fingerprint density at radius 3 is 2.24 bits per heavy atom. The lowest BCUT2D eigenvalue weighted by Gasteiger charge is -2.28. The summed E-state index contributed by atoms with van der Waals surface area (Å²) in [6.45, 7) is 1.48. The van der Waals surface area contributed by atoms with E-state index in [-0.39, 0.29) is 4.90 Å². The monoisotopic (exact) mass is 404 g/mol. The molecular formula is C23H20N2O3S. The smallest absolute Gasteiger partial charge is 0.243 e. The van der Waals surface area contributed by atoms with Gasteiger partial charge in [-0.05, 0) is 53.9 Å². The van der Waals surface area contributed by atoms with E-state index in [1.807, 2.05) is 42.5 Å². The largest absolute Gasteiger partial charge is 0.457 e. The molecule has 1 aliphatic rings. The van der Waals surface area contributed by atoms with Crippen molar-refractivity contribution in [1.82, 2.24) is 8.87 Å². The Kier molecular flexibility index (Phi) is 4.38. The molecule has 0 saturated carbocycles. The molecule has 0 aliphatic carbocycles. The van der Waals surface area contributed by atoms with E-state index in [1.54, 1.807) is 28.6 Å². The van der Waals surface area contributed by atoms with Crippen LogP contribution in [0.5, 0.6) is 11.5 Å². The van der Waals surface area contributed by atoms with E-state index in [0.717, 1.165) is 16.6 Å². The van der Waals surface area contributed by atoms with Gasteiger partial charge >= 0.3 is 0 Å². The molecule has 5 rings (SSSR count). The van der Waals surface area contributed by atoms with Gasteiger partial charge in [0.05, 0.1) is 11.4 Å². The number of hydrogen-bond donors (Lipinski definition) is 0. The first kappa shape index (κ1) is 18.0. The minimum Gasteiger partial charge on any atom is -0.457 e. The third kappa shape index (κ3) is 3.30. The molecule has 0 bridgehead atoms. The van der Waals surface area contributed by atoms with Gasteiger partial charge in [-0.2, -0.15) is 4.31 Å². The van der Waals surface area contributed by atoms with Crippen LogP contribution in [-0.4, -0.2) is 23.8 Å². The Hall–Kier alpha value is -3.09. The highest BCUT2D eigenvalue weighted by molar-refractivity contribution is 7.89. The number of benzene rings is 3. The van der Waals surface area contributed by atoms with Gasteiger partial charge in [-0.3, -0.25) is 0 Å². The van der Waals surface area contributed by atoms with Crippen molar-refractivity contribution >= 4 is 20.9 Å². The van der Waals surface area contributed by atoms with Gasteiger partial charge in [0.1, 0.15) is 11.5 Å². The van der Waals surface area contributed by atoms with Crippen LogP contribution < -0.4 is 4.74 Å². The Balaban J connectivity index is 1.38. The average Bonchev–Trinajstić information content (AvgIpc) is 3.13. The van der Waals surface area contributed by atoms with E-state index < -0.39 is 10.0 Å². The number of hydrogen-bond acceptors (Lipinski definition) is 3. The summed E-state index contributed by atoms with van der Waals surface area (Å²) < 4.78 is 35.8. The summed E-state index contributed by atoms with van der Waals surface area (Å²) in [5, 5.41) is 1.14. The molecule has 0 amide bonds. The molecule has 0 radical (unpaired) electrons. The van der Waals surface area contributed by atoms with E-state index >= 15 is 0 Å². The first-order chi connectivity index (χ1) is 14.1. The van der Waals surface area contributed by atoms with Crippen LogP contribution in [0, 0.1) is 0 Å². The zero-order valence-electron chi connectivity index (χ0n) is 15.7. The maximum atomic E-state index is 13.2. The molecule has 0 saturated heterocycles. The molecule has 5 nitrogen and oxygen atoms in total. The zero-order valence-corrected chi connectivity index (χ0v) is 16.5. The normalized spacial score (nSPS) is 14.6. The van der Waals surface area contributed by atoms with E-state index in [4.69, 9.17) is 4.74 Å². The van der Waals surface area contributed by atoms with Gasteiger partial charge in [0.25, 0.3) is 0 Å². The highest BCUT2D eigenvalue weighted by atomic mass is 32.2. The van der Waals surface area contributed by atoms with E-state index in [1.165, 1.54) is 0 Å². The molecule has 4 aromatic rings. The fourth-order valence-electron chi connectivity index (χ4n) is 3.79. The first-order valence-corrected chi connectivity index (χ1v) is 11.0. The summed E-state index contributed by atoms with van der Waals surface area (Å²) >= 11 is 0. The number of nitrogens with zero attached hydrogens (tertiary/aromatic N) is 2. The lowest BCUT2D eigenvalue weighted by Crippen LogP contribution is -2.37. The lowest BCUT2D eigenvalue weighted by atomic mass is 10.2. The lowest BCUT2D eigenvalue weighted by molar-refractivity contribution is 0.345. The van der Waals surface area contributed by atoms with Gasteiger partial charge in [-0.1, -0.05) is 36.4 Å². The first-order valence-electron chi connectivity index (χ1n) is 9.51. The number of rotatable bonds is 4. The van der Waals surface area contributed by atoms with Crippen molar-refractivity contribution < 1.29 is 13.2 Å². The molecule has 0 spiro atoms. The molecule has 146 valence electrons. The predicted octanol–water partition coefficient (Wildman–Crippen LogP) is 4.64. The average molecular weight is 404 g/mol. The second-order valence-corrected chi connectivity index (χ2v) is 9.01. The van der Waals surface area contributed by atoms with Crippen molar-refractivity contribution in [3.05, 3.63) is 90.6 Å². The topological polar surface area (TPSA) is 51.5 Å². The van der Waals surface area contributed by atoms with Crippen molar-refractivity contribution in [2.24, 2.45) is 0 Å². The van der Waals surface area contributed by atoms with Crippen LogP contribution in [-0.2, 0) is 23.1 Å². The number of aromatic nitrogens is 1. The van der Waals surface area contributed by atoms with Crippen LogP contribution in [0.25, 0.3) is 10.9 Å². The van der Waals surface area contributed by atoms with Gasteiger partial charge in [0.2, 0.25) is 10.0 Å². The second-order valence-electron chi connectivity index (χ2n) is 7.07. The maximum absolute atomic E-state index is 13.2. The molecule has 1 aromatic heterocycles. The van der Waals surface area contributed by atoms with Gasteiger partial charge in [-0.15, -0.1) is 0 Å². The number of ether oxygens (including phenoxy) is 1. The van der Waals surface area contributed by atoms with Gasteiger partial charge < -0.3 is 9.30 Å². The fraction of sp³-hybridized carbons (Fsp3) is 0.130. The van der Waals surface area contributed by atoms with E-state index in [9.17, 15) is 8.42 Å². The van der Waals surface area contributed by atoms with Gasteiger partial charge in [0.15, 0.2) is 0 Å². The van der Waals surface area contributed by atoms with Crippen molar-refractivity contribution in [1.29, 1.82) is 0 Å². The molecule has 0 unspecified atom stereocenters. The number of para-hydroxylation sites is 2. The van der Waals surface area contributed by atoms with Gasteiger partial charge in [-0.25, -0.2) is 8.42 Å². The summed E-state index contributed by atoms with van der Waals surface area (Å²) in [4.78, 5) is 0.280. The highest BCUT2D eigenvalue weighted by Crippen LogP contribution is 2.29. The molecule has 6 heteroatoms. The summed E-state index contributed by atoms with van der Waals surface area (Å²) in [5.41, 5.74) is 2.17. The predicted molar refractivity (Wildman–Crippen MR) is 112 cm³/mol. The van der Waals surface area contributed by atoms with Crippen LogP contribution in [0.3, 0.4) is 0 Å². The minimum absolute atomic E-state index is 0.280. The number of fused-ring (bicyclic) bond motifs is 3. The van der Waals surface area contributed by atoms with Gasteiger partial charge in [0, 0.05) is 24.3 Å². The second kappa shape index (κ2) is 7.06. The number of sulfonamides is 1. The summed E-state index contributed by atoms with van der Waals surface area (Å²) in [6, 6.07) is 26.3. The SMILES string of the molecule is O=S(=O)(c1ccc(Oc2ccccc2)cc1)N1CCn2c(cc3ccccc32)C1. The molecule has 3 aromatic carbocycles. The quantitative estimate of drug-likeness (QED) is 0.498. The zero-order chi connectivity index (χ0) is 19.8. The summed E-state index contributed by atoms with van der Waals surface area (Å²) in [7, 11) is -3.57. The fourth-order valence-corrected chi connectivity index (χ4v) is 5.19. The van der Waals surface area contributed by atoms with Crippen molar-refractivity contribution in [3.8, 4) is 11.5 Å². The Labute approximate surface area is 169 Å². The van der Waals surface area contributed by atoms with Crippen LogP contribution >= 0.6 is 0 Å². The maximum Gasteiger partial charge on any atom is 0.243 e. The van der Waals surface area contributed by atoms with E-state index in [2.05, 4.69) is 22.8 Å².